The van der Waals surface area contributed by atoms with Gasteiger partial charge in [-0.1, -0.05) is 15.9 Å². The standard InChI is InChI=1S/C13H14BrN3O/c1-3-15-12-7-13(17-8-16-12)18-11-5-4-10(14)6-9(11)2/h4-8H,3H2,1-2H3,(H,15,16,17). The third kappa shape index (κ3) is 3.20. The third-order valence-electron chi connectivity index (χ3n) is 2.35. The first-order valence-electron chi connectivity index (χ1n) is 5.69. The van der Waals surface area contributed by atoms with Crippen LogP contribution in [0.4, 0.5) is 5.82 Å². The molecule has 0 bridgehead atoms. The monoisotopic (exact) mass is 307 g/mol. The maximum Gasteiger partial charge on any atom is 0.224 e. The van der Waals surface area contributed by atoms with E-state index in [4.69, 9.17) is 4.74 Å². The second kappa shape index (κ2) is 5.82. The highest BCUT2D eigenvalue weighted by Gasteiger charge is 2.04. The van der Waals surface area contributed by atoms with Crippen LogP contribution < -0.4 is 10.1 Å². The summed E-state index contributed by atoms with van der Waals surface area (Å²) in [6.07, 6.45) is 1.49. The SMILES string of the molecule is CCNc1cc(Oc2ccc(Br)cc2C)ncn1. The molecule has 2 rings (SSSR count). The van der Waals surface area contributed by atoms with Gasteiger partial charge in [-0.15, -0.1) is 0 Å². The van der Waals surface area contributed by atoms with Crippen molar-refractivity contribution in [1.82, 2.24) is 9.97 Å². The van der Waals surface area contributed by atoms with E-state index in [1.54, 1.807) is 6.07 Å². The number of ether oxygens (including phenoxy) is 1. The zero-order chi connectivity index (χ0) is 13.0. The molecule has 18 heavy (non-hydrogen) atoms. The van der Waals surface area contributed by atoms with Gasteiger partial charge in [-0.3, -0.25) is 0 Å². The van der Waals surface area contributed by atoms with Gasteiger partial charge in [-0.05, 0) is 37.6 Å². The second-order valence-electron chi connectivity index (χ2n) is 3.78. The molecular formula is C13H14BrN3O. The van der Waals surface area contributed by atoms with Crippen molar-refractivity contribution in [1.29, 1.82) is 0 Å². The van der Waals surface area contributed by atoms with E-state index in [2.05, 4.69) is 31.2 Å². The summed E-state index contributed by atoms with van der Waals surface area (Å²) in [7, 11) is 0. The van der Waals surface area contributed by atoms with Gasteiger partial charge in [0.15, 0.2) is 0 Å². The molecule has 1 aromatic carbocycles. The number of nitrogens with zero attached hydrogens (tertiary/aromatic N) is 2. The van der Waals surface area contributed by atoms with Crippen molar-refractivity contribution < 1.29 is 4.74 Å². The summed E-state index contributed by atoms with van der Waals surface area (Å²) in [5.74, 6) is 2.09. The predicted octanol–water partition coefficient (Wildman–Crippen LogP) is 3.77. The normalized spacial score (nSPS) is 10.2. The maximum absolute atomic E-state index is 5.74. The molecule has 0 atom stereocenters. The van der Waals surface area contributed by atoms with Gasteiger partial charge < -0.3 is 10.1 Å². The molecule has 0 unspecified atom stereocenters. The molecule has 0 aliphatic heterocycles. The summed E-state index contributed by atoms with van der Waals surface area (Å²) in [5.41, 5.74) is 1.05. The van der Waals surface area contributed by atoms with Gasteiger partial charge in [0.25, 0.3) is 0 Å². The topological polar surface area (TPSA) is 47.0 Å². The Bertz CT molecular complexity index is 546. The first-order valence-corrected chi connectivity index (χ1v) is 6.48. The smallest absolute Gasteiger partial charge is 0.224 e. The zero-order valence-electron chi connectivity index (χ0n) is 10.3. The Morgan fingerprint density at radius 2 is 2.11 bits per heavy atom. The first-order chi connectivity index (χ1) is 8.69. The van der Waals surface area contributed by atoms with Crippen LogP contribution in [0.15, 0.2) is 35.1 Å². The molecule has 1 N–H and O–H groups in total. The zero-order valence-corrected chi connectivity index (χ0v) is 11.9. The van der Waals surface area contributed by atoms with E-state index in [0.717, 1.165) is 28.1 Å². The Morgan fingerprint density at radius 1 is 1.28 bits per heavy atom. The molecule has 1 heterocycles. The molecule has 0 spiro atoms. The Balaban J connectivity index is 2.20. The first kappa shape index (κ1) is 12.8. The molecule has 0 saturated carbocycles. The number of rotatable bonds is 4. The predicted molar refractivity (Wildman–Crippen MR) is 75.1 cm³/mol. The Hall–Kier alpha value is -1.62. The van der Waals surface area contributed by atoms with E-state index in [-0.39, 0.29) is 0 Å². The average Bonchev–Trinajstić information content (AvgIpc) is 2.34. The minimum Gasteiger partial charge on any atom is -0.439 e. The van der Waals surface area contributed by atoms with Crippen LogP contribution >= 0.6 is 15.9 Å². The number of aryl methyl sites for hydroxylation is 1. The highest BCUT2D eigenvalue weighted by molar-refractivity contribution is 9.10. The van der Waals surface area contributed by atoms with E-state index in [9.17, 15) is 0 Å². The van der Waals surface area contributed by atoms with Gasteiger partial charge in [0.2, 0.25) is 5.88 Å². The summed E-state index contributed by atoms with van der Waals surface area (Å²) in [5, 5.41) is 3.12. The lowest BCUT2D eigenvalue weighted by Gasteiger charge is -2.09. The lowest BCUT2D eigenvalue weighted by Crippen LogP contribution is -2.00. The number of benzene rings is 1. The van der Waals surface area contributed by atoms with E-state index < -0.39 is 0 Å². The third-order valence-corrected chi connectivity index (χ3v) is 2.84. The number of halogens is 1. The van der Waals surface area contributed by atoms with Gasteiger partial charge in [0, 0.05) is 17.1 Å². The summed E-state index contributed by atoms with van der Waals surface area (Å²) in [6.45, 7) is 4.82. The Labute approximate surface area is 115 Å². The second-order valence-corrected chi connectivity index (χ2v) is 4.70. The van der Waals surface area contributed by atoms with Crippen molar-refractivity contribution in [3.8, 4) is 11.6 Å². The number of aromatic nitrogens is 2. The molecule has 0 radical (unpaired) electrons. The molecule has 0 fully saturated rings. The minimum atomic E-state index is 0.534. The number of anilines is 1. The molecule has 2 aromatic rings. The molecular weight excluding hydrogens is 294 g/mol. The van der Waals surface area contributed by atoms with Crippen LogP contribution in [0.5, 0.6) is 11.6 Å². The van der Waals surface area contributed by atoms with E-state index in [1.165, 1.54) is 6.33 Å². The van der Waals surface area contributed by atoms with Crippen molar-refractivity contribution in [3.05, 3.63) is 40.6 Å². The van der Waals surface area contributed by atoms with Gasteiger partial charge in [-0.2, -0.15) is 0 Å². The largest absolute Gasteiger partial charge is 0.439 e. The molecule has 4 nitrogen and oxygen atoms in total. The van der Waals surface area contributed by atoms with Gasteiger partial charge in [-0.25, -0.2) is 9.97 Å². The lowest BCUT2D eigenvalue weighted by molar-refractivity contribution is 0.458. The fraction of sp³-hybridized carbons (Fsp3) is 0.231. The molecule has 0 saturated heterocycles. The minimum absolute atomic E-state index is 0.534. The molecule has 94 valence electrons. The number of nitrogens with one attached hydrogen (secondary N) is 1. The van der Waals surface area contributed by atoms with Crippen LogP contribution in [-0.2, 0) is 0 Å². The lowest BCUT2D eigenvalue weighted by atomic mass is 10.2. The van der Waals surface area contributed by atoms with Crippen LogP contribution in [0.3, 0.4) is 0 Å². The number of hydrogen-bond acceptors (Lipinski definition) is 4. The Kier molecular flexibility index (Phi) is 4.15. The van der Waals surface area contributed by atoms with Crippen molar-refractivity contribution in [2.45, 2.75) is 13.8 Å². The summed E-state index contributed by atoms with van der Waals surface area (Å²) in [4.78, 5) is 8.19. The van der Waals surface area contributed by atoms with Gasteiger partial charge in [0.05, 0.1) is 0 Å². The van der Waals surface area contributed by atoms with Crippen molar-refractivity contribution in [2.75, 3.05) is 11.9 Å². The summed E-state index contributed by atoms with van der Waals surface area (Å²) < 4.78 is 6.77. The van der Waals surface area contributed by atoms with Gasteiger partial charge in [0.1, 0.15) is 17.9 Å². The van der Waals surface area contributed by atoms with Crippen molar-refractivity contribution >= 4 is 21.7 Å². The maximum atomic E-state index is 5.74. The molecule has 0 amide bonds. The fourth-order valence-electron chi connectivity index (χ4n) is 1.51. The average molecular weight is 308 g/mol. The quantitative estimate of drug-likeness (QED) is 0.934. The van der Waals surface area contributed by atoms with E-state index in [1.807, 2.05) is 32.0 Å². The van der Waals surface area contributed by atoms with Crippen LogP contribution in [0, 0.1) is 6.92 Å². The van der Waals surface area contributed by atoms with Crippen LogP contribution in [-0.4, -0.2) is 16.5 Å². The van der Waals surface area contributed by atoms with Crippen molar-refractivity contribution in [3.63, 3.8) is 0 Å². The van der Waals surface area contributed by atoms with Crippen LogP contribution in [0.1, 0.15) is 12.5 Å². The highest BCUT2D eigenvalue weighted by atomic mass is 79.9. The molecule has 1 aromatic heterocycles. The fourth-order valence-corrected chi connectivity index (χ4v) is 1.99. The summed E-state index contributed by atoms with van der Waals surface area (Å²) in [6, 6.07) is 7.63. The van der Waals surface area contributed by atoms with E-state index >= 15 is 0 Å². The van der Waals surface area contributed by atoms with Crippen LogP contribution in [0.25, 0.3) is 0 Å². The molecule has 0 aliphatic rings. The summed E-state index contributed by atoms with van der Waals surface area (Å²) >= 11 is 3.42. The number of hydrogen-bond donors (Lipinski definition) is 1. The van der Waals surface area contributed by atoms with Crippen molar-refractivity contribution in [2.24, 2.45) is 0 Å². The van der Waals surface area contributed by atoms with E-state index in [0.29, 0.717) is 5.88 Å². The van der Waals surface area contributed by atoms with Crippen LogP contribution in [0.2, 0.25) is 0 Å². The molecule has 0 aliphatic carbocycles. The molecule has 5 heteroatoms. The van der Waals surface area contributed by atoms with Gasteiger partial charge >= 0.3 is 0 Å². The highest BCUT2D eigenvalue weighted by Crippen LogP contribution is 2.26. The Morgan fingerprint density at radius 3 is 2.83 bits per heavy atom.